The van der Waals surface area contributed by atoms with Gasteiger partial charge in [-0.15, -0.1) is 0 Å². The van der Waals surface area contributed by atoms with Gasteiger partial charge >= 0.3 is 0 Å². The van der Waals surface area contributed by atoms with Crippen molar-refractivity contribution < 1.29 is 9.18 Å². The van der Waals surface area contributed by atoms with E-state index < -0.39 is 0 Å². The second-order valence-corrected chi connectivity index (χ2v) is 5.79. The SMILES string of the molecule is Cc1[nH]nc(C(=O)NCCCN(C)c2ccccc2F)c1Br. The Hall–Kier alpha value is -1.89. The number of amides is 1. The number of para-hydroxylation sites is 1. The Bertz CT molecular complexity index is 659. The predicted octanol–water partition coefficient (Wildman–Crippen LogP) is 2.88. The molecule has 0 aliphatic heterocycles. The molecule has 2 N–H and O–H groups in total. The summed E-state index contributed by atoms with van der Waals surface area (Å²) in [5, 5.41) is 9.49. The van der Waals surface area contributed by atoms with Crippen molar-refractivity contribution in [1.29, 1.82) is 0 Å². The summed E-state index contributed by atoms with van der Waals surface area (Å²) >= 11 is 3.32. The van der Waals surface area contributed by atoms with Crippen molar-refractivity contribution in [1.82, 2.24) is 15.5 Å². The predicted molar refractivity (Wildman–Crippen MR) is 87.6 cm³/mol. The van der Waals surface area contributed by atoms with Crippen LogP contribution in [0.5, 0.6) is 0 Å². The van der Waals surface area contributed by atoms with E-state index in [4.69, 9.17) is 0 Å². The number of halogens is 2. The van der Waals surface area contributed by atoms with E-state index in [2.05, 4.69) is 31.4 Å². The highest BCUT2D eigenvalue weighted by molar-refractivity contribution is 9.10. The Balaban J connectivity index is 1.79. The van der Waals surface area contributed by atoms with Crippen molar-refractivity contribution in [2.75, 3.05) is 25.0 Å². The summed E-state index contributed by atoms with van der Waals surface area (Å²) < 4.78 is 14.3. The Morgan fingerprint density at radius 2 is 2.18 bits per heavy atom. The van der Waals surface area contributed by atoms with Gasteiger partial charge in [0.2, 0.25) is 0 Å². The Morgan fingerprint density at radius 3 is 2.82 bits per heavy atom. The van der Waals surface area contributed by atoms with Gasteiger partial charge in [-0.3, -0.25) is 9.89 Å². The van der Waals surface area contributed by atoms with Crippen molar-refractivity contribution in [2.24, 2.45) is 0 Å². The highest BCUT2D eigenvalue weighted by Gasteiger charge is 2.15. The normalized spacial score (nSPS) is 10.5. The summed E-state index contributed by atoms with van der Waals surface area (Å²) in [5.41, 5.74) is 1.71. The largest absolute Gasteiger partial charge is 0.372 e. The maximum atomic E-state index is 13.6. The van der Waals surface area contributed by atoms with Gasteiger partial charge in [-0.1, -0.05) is 12.1 Å². The second kappa shape index (κ2) is 7.40. The van der Waals surface area contributed by atoms with Crippen LogP contribution in [0.3, 0.4) is 0 Å². The number of anilines is 1. The van der Waals surface area contributed by atoms with Crippen LogP contribution in [-0.2, 0) is 0 Å². The molecular formula is C15H18BrFN4O. The molecule has 0 aliphatic rings. The van der Waals surface area contributed by atoms with Crippen molar-refractivity contribution in [3.63, 3.8) is 0 Å². The lowest BCUT2D eigenvalue weighted by Gasteiger charge is -2.19. The van der Waals surface area contributed by atoms with E-state index in [1.165, 1.54) is 6.07 Å². The molecule has 1 aromatic heterocycles. The third kappa shape index (κ3) is 3.85. The molecule has 0 fully saturated rings. The molecule has 0 saturated heterocycles. The molecule has 5 nitrogen and oxygen atoms in total. The number of aromatic amines is 1. The average Bonchev–Trinajstić information content (AvgIpc) is 2.83. The molecule has 2 rings (SSSR count). The number of H-pyrrole nitrogens is 1. The number of rotatable bonds is 6. The van der Waals surface area contributed by atoms with E-state index in [-0.39, 0.29) is 11.7 Å². The van der Waals surface area contributed by atoms with Crippen LogP contribution in [0.25, 0.3) is 0 Å². The first-order valence-corrected chi connectivity index (χ1v) is 7.74. The molecule has 0 radical (unpaired) electrons. The van der Waals surface area contributed by atoms with Crippen molar-refractivity contribution in [3.05, 3.63) is 45.9 Å². The highest BCUT2D eigenvalue weighted by Crippen LogP contribution is 2.18. The zero-order valence-corrected chi connectivity index (χ0v) is 14.1. The second-order valence-electron chi connectivity index (χ2n) is 4.99. The third-order valence-electron chi connectivity index (χ3n) is 3.31. The topological polar surface area (TPSA) is 61.0 Å². The van der Waals surface area contributed by atoms with Crippen LogP contribution >= 0.6 is 15.9 Å². The Labute approximate surface area is 137 Å². The molecule has 7 heteroatoms. The van der Waals surface area contributed by atoms with Gasteiger partial charge in [-0.25, -0.2) is 4.39 Å². The van der Waals surface area contributed by atoms with E-state index in [0.717, 1.165) is 5.69 Å². The molecule has 0 bridgehead atoms. The van der Waals surface area contributed by atoms with Gasteiger partial charge in [0, 0.05) is 25.8 Å². The molecule has 1 amide bonds. The van der Waals surface area contributed by atoms with E-state index in [1.54, 1.807) is 18.2 Å². The number of carbonyl (C=O) groups excluding carboxylic acids is 1. The first-order valence-electron chi connectivity index (χ1n) is 6.95. The van der Waals surface area contributed by atoms with Crippen LogP contribution in [-0.4, -0.2) is 36.2 Å². The van der Waals surface area contributed by atoms with Gasteiger partial charge in [-0.2, -0.15) is 5.10 Å². The number of carbonyl (C=O) groups is 1. The fourth-order valence-electron chi connectivity index (χ4n) is 2.05. The van der Waals surface area contributed by atoms with Crippen LogP contribution in [0, 0.1) is 12.7 Å². The molecular weight excluding hydrogens is 351 g/mol. The zero-order valence-electron chi connectivity index (χ0n) is 12.5. The minimum Gasteiger partial charge on any atom is -0.372 e. The molecule has 0 unspecified atom stereocenters. The smallest absolute Gasteiger partial charge is 0.272 e. The molecule has 0 aliphatic carbocycles. The molecule has 118 valence electrons. The van der Waals surface area contributed by atoms with Gasteiger partial charge < -0.3 is 10.2 Å². The Kier molecular flexibility index (Phi) is 5.54. The first-order chi connectivity index (χ1) is 10.5. The van der Waals surface area contributed by atoms with Crippen molar-refractivity contribution >= 4 is 27.5 Å². The monoisotopic (exact) mass is 368 g/mol. The van der Waals surface area contributed by atoms with Crippen LogP contribution in [0.15, 0.2) is 28.7 Å². The molecule has 1 aromatic carbocycles. The molecule has 1 heterocycles. The number of aromatic nitrogens is 2. The van der Waals surface area contributed by atoms with Crippen LogP contribution in [0.4, 0.5) is 10.1 Å². The molecule has 2 aromatic rings. The maximum absolute atomic E-state index is 13.6. The summed E-state index contributed by atoms with van der Waals surface area (Å²) in [6.07, 6.45) is 0.706. The lowest BCUT2D eigenvalue weighted by molar-refractivity contribution is 0.0947. The molecule has 0 spiro atoms. The Morgan fingerprint density at radius 1 is 1.45 bits per heavy atom. The van der Waals surface area contributed by atoms with Gasteiger partial charge in [-0.05, 0) is 41.4 Å². The summed E-state index contributed by atoms with van der Waals surface area (Å²) in [7, 11) is 1.83. The summed E-state index contributed by atoms with van der Waals surface area (Å²) in [5.74, 6) is -0.477. The number of aryl methyl sites for hydroxylation is 1. The first kappa shape index (κ1) is 16.5. The number of nitrogens with zero attached hydrogens (tertiary/aromatic N) is 2. The maximum Gasteiger partial charge on any atom is 0.272 e. The molecule has 0 saturated carbocycles. The molecule has 22 heavy (non-hydrogen) atoms. The fourth-order valence-corrected chi connectivity index (χ4v) is 2.41. The van der Waals surface area contributed by atoms with Crippen molar-refractivity contribution in [2.45, 2.75) is 13.3 Å². The van der Waals surface area contributed by atoms with E-state index in [9.17, 15) is 9.18 Å². The number of hydrogen-bond donors (Lipinski definition) is 2. The average molecular weight is 369 g/mol. The summed E-state index contributed by atoms with van der Waals surface area (Å²) in [4.78, 5) is 13.8. The summed E-state index contributed by atoms with van der Waals surface area (Å²) in [6.45, 7) is 2.97. The van der Waals surface area contributed by atoms with E-state index in [1.807, 2.05) is 18.9 Å². The lowest BCUT2D eigenvalue weighted by Crippen LogP contribution is -2.28. The van der Waals surface area contributed by atoms with Crippen LogP contribution in [0.2, 0.25) is 0 Å². The van der Waals surface area contributed by atoms with E-state index >= 15 is 0 Å². The standard InChI is InChI=1S/C15H18BrFN4O/c1-10-13(16)14(20-19-10)15(22)18-8-5-9-21(2)12-7-4-3-6-11(12)17/h3-4,6-7H,5,8-9H2,1-2H3,(H,18,22)(H,19,20). The summed E-state index contributed by atoms with van der Waals surface area (Å²) in [6, 6.07) is 6.63. The molecule has 0 atom stereocenters. The quantitative estimate of drug-likeness (QED) is 0.770. The minimum absolute atomic E-state index is 0.232. The highest BCUT2D eigenvalue weighted by atomic mass is 79.9. The van der Waals surface area contributed by atoms with Gasteiger partial charge in [0.25, 0.3) is 5.91 Å². The minimum atomic E-state index is -0.245. The van der Waals surface area contributed by atoms with Gasteiger partial charge in [0.1, 0.15) is 5.82 Å². The fraction of sp³-hybridized carbons (Fsp3) is 0.333. The van der Waals surface area contributed by atoms with Crippen LogP contribution < -0.4 is 10.2 Å². The number of benzene rings is 1. The van der Waals surface area contributed by atoms with E-state index in [0.29, 0.717) is 35.4 Å². The third-order valence-corrected chi connectivity index (χ3v) is 4.28. The lowest BCUT2D eigenvalue weighted by atomic mass is 10.2. The van der Waals surface area contributed by atoms with Crippen LogP contribution in [0.1, 0.15) is 22.6 Å². The number of nitrogens with one attached hydrogen (secondary N) is 2. The van der Waals surface area contributed by atoms with Crippen molar-refractivity contribution in [3.8, 4) is 0 Å². The van der Waals surface area contributed by atoms with Gasteiger partial charge in [0.05, 0.1) is 10.2 Å². The van der Waals surface area contributed by atoms with Gasteiger partial charge in [0.15, 0.2) is 5.69 Å². The number of hydrogen-bond acceptors (Lipinski definition) is 3. The zero-order chi connectivity index (χ0) is 16.1.